The van der Waals surface area contributed by atoms with Crippen molar-refractivity contribution < 1.29 is 0 Å². The Kier molecular flexibility index (Phi) is 6.00. The third-order valence-electron chi connectivity index (χ3n) is 1.20. The fourth-order valence-electron chi connectivity index (χ4n) is 0.713. The molecule has 0 nitrogen and oxygen atoms in total. The zero-order valence-electron chi connectivity index (χ0n) is 5.71. The summed E-state index contributed by atoms with van der Waals surface area (Å²) in [6.45, 7) is 4.60. The summed E-state index contributed by atoms with van der Waals surface area (Å²) in [4.78, 5) is 0. The molecule has 0 unspecified atom stereocenters. The molecule has 0 fully saturated rings. The van der Waals surface area contributed by atoms with Crippen molar-refractivity contribution in [2.24, 2.45) is 0 Å². The van der Waals surface area contributed by atoms with E-state index in [2.05, 4.69) is 13.5 Å². The van der Waals surface area contributed by atoms with E-state index in [-0.39, 0.29) is 8.80 Å². The lowest BCUT2D eigenvalue weighted by atomic mass is 10.6. The van der Waals surface area contributed by atoms with Gasteiger partial charge in [-0.05, 0) is 6.04 Å². The average molecular weight is 150 g/mol. The standard InChI is InChI=1S/C6H14ClSi/c1-3-5-8(2)6-4-7/h3-6H2,1-2H3. The highest BCUT2D eigenvalue weighted by Gasteiger charge is 1.99. The average Bonchev–Trinajstić information content (AvgIpc) is 1.68. The van der Waals surface area contributed by atoms with Gasteiger partial charge >= 0.3 is 0 Å². The summed E-state index contributed by atoms with van der Waals surface area (Å²) >= 11 is 5.56. The van der Waals surface area contributed by atoms with Crippen LogP contribution in [0.2, 0.25) is 18.6 Å². The first kappa shape index (κ1) is 8.51. The van der Waals surface area contributed by atoms with E-state index in [0.717, 1.165) is 5.88 Å². The van der Waals surface area contributed by atoms with Crippen molar-refractivity contribution >= 4 is 20.4 Å². The molecule has 0 bridgehead atoms. The fourth-order valence-corrected chi connectivity index (χ4v) is 3.11. The van der Waals surface area contributed by atoms with Crippen molar-refractivity contribution in [3.8, 4) is 0 Å². The molecule has 0 aliphatic carbocycles. The molecule has 0 saturated heterocycles. The summed E-state index contributed by atoms with van der Waals surface area (Å²) in [6.07, 6.45) is 1.34. The minimum atomic E-state index is -0.0234. The van der Waals surface area contributed by atoms with Gasteiger partial charge in [0.15, 0.2) is 0 Å². The van der Waals surface area contributed by atoms with E-state index in [1.165, 1.54) is 18.5 Å². The first-order chi connectivity index (χ1) is 3.81. The summed E-state index contributed by atoms with van der Waals surface area (Å²) in [5, 5.41) is 0. The second kappa shape index (κ2) is 5.64. The van der Waals surface area contributed by atoms with E-state index < -0.39 is 0 Å². The molecule has 2 heteroatoms. The Morgan fingerprint density at radius 3 is 2.38 bits per heavy atom. The minimum absolute atomic E-state index is 0.0234. The van der Waals surface area contributed by atoms with Gasteiger partial charge in [-0.25, -0.2) is 0 Å². The summed E-state index contributed by atoms with van der Waals surface area (Å²) < 4.78 is 0. The molecular formula is C6H14ClSi. The SMILES string of the molecule is CCC[Si](C)CCCl. The first-order valence-corrected chi connectivity index (χ1v) is 6.13. The quantitative estimate of drug-likeness (QED) is 0.426. The van der Waals surface area contributed by atoms with Crippen LogP contribution in [-0.2, 0) is 0 Å². The number of hydrogen-bond donors (Lipinski definition) is 0. The predicted octanol–water partition coefficient (Wildman–Crippen LogP) is 2.76. The molecule has 8 heavy (non-hydrogen) atoms. The van der Waals surface area contributed by atoms with Gasteiger partial charge in [0.05, 0.1) is 0 Å². The van der Waals surface area contributed by atoms with Crippen molar-refractivity contribution in [3.63, 3.8) is 0 Å². The molecule has 0 saturated carbocycles. The monoisotopic (exact) mass is 149 g/mol. The van der Waals surface area contributed by atoms with E-state index in [0.29, 0.717) is 0 Å². The van der Waals surface area contributed by atoms with Gasteiger partial charge in [-0.2, -0.15) is 0 Å². The molecule has 0 heterocycles. The van der Waals surface area contributed by atoms with Crippen molar-refractivity contribution in [1.82, 2.24) is 0 Å². The van der Waals surface area contributed by atoms with Crippen molar-refractivity contribution in [2.75, 3.05) is 5.88 Å². The second-order valence-corrected chi connectivity index (χ2v) is 5.44. The summed E-state index contributed by atoms with van der Waals surface area (Å²) in [6, 6.07) is 2.71. The number of hydrogen-bond acceptors (Lipinski definition) is 0. The number of alkyl halides is 1. The number of halogens is 1. The van der Waals surface area contributed by atoms with Gasteiger partial charge in [0.2, 0.25) is 0 Å². The van der Waals surface area contributed by atoms with Crippen LogP contribution in [-0.4, -0.2) is 14.7 Å². The van der Waals surface area contributed by atoms with Crippen LogP contribution in [0.3, 0.4) is 0 Å². The highest BCUT2D eigenvalue weighted by Crippen LogP contribution is 2.02. The van der Waals surface area contributed by atoms with Gasteiger partial charge in [0.25, 0.3) is 0 Å². The van der Waals surface area contributed by atoms with Crippen molar-refractivity contribution in [3.05, 3.63) is 0 Å². The van der Waals surface area contributed by atoms with Crippen molar-refractivity contribution in [1.29, 1.82) is 0 Å². The van der Waals surface area contributed by atoms with Gasteiger partial charge in [-0.15, -0.1) is 11.6 Å². The minimum Gasteiger partial charge on any atom is -0.127 e. The van der Waals surface area contributed by atoms with Crippen LogP contribution in [0.25, 0.3) is 0 Å². The van der Waals surface area contributed by atoms with Crippen LogP contribution in [0.1, 0.15) is 13.3 Å². The van der Waals surface area contributed by atoms with Crippen LogP contribution in [0.4, 0.5) is 0 Å². The molecule has 0 aliphatic heterocycles. The molecule has 49 valence electrons. The highest BCUT2D eigenvalue weighted by atomic mass is 35.5. The molecule has 0 aromatic carbocycles. The van der Waals surface area contributed by atoms with Gasteiger partial charge in [0, 0.05) is 14.7 Å². The molecule has 0 aromatic heterocycles. The molecule has 0 rings (SSSR count). The molecule has 0 atom stereocenters. The Balaban J connectivity index is 2.92. The van der Waals surface area contributed by atoms with E-state index in [1.54, 1.807) is 0 Å². The largest absolute Gasteiger partial charge is 0.127 e. The Morgan fingerprint density at radius 2 is 2.00 bits per heavy atom. The third kappa shape index (κ3) is 4.66. The third-order valence-corrected chi connectivity index (χ3v) is 4.16. The second-order valence-electron chi connectivity index (χ2n) is 2.15. The summed E-state index contributed by atoms with van der Waals surface area (Å²) in [5.74, 6) is 0.866. The lowest BCUT2D eigenvalue weighted by Crippen LogP contribution is -2.05. The Morgan fingerprint density at radius 1 is 1.38 bits per heavy atom. The molecular weight excluding hydrogens is 136 g/mol. The Hall–Kier alpha value is 0.507. The molecule has 0 amide bonds. The Labute approximate surface area is 58.8 Å². The summed E-state index contributed by atoms with van der Waals surface area (Å²) in [5.41, 5.74) is 0. The number of rotatable bonds is 4. The van der Waals surface area contributed by atoms with Crippen LogP contribution in [0.5, 0.6) is 0 Å². The van der Waals surface area contributed by atoms with Gasteiger partial charge < -0.3 is 0 Å². The molecule has 0 spiro atoms. The van der Waals surface area contributed by atoms with Crippen LogP contribution >= 0.6 is 11.6 Å². The lowest BCUT2D eigenvalue weighted by Gasteiger charge is -2.02. The Bertz CT molecular complexity index is 41.8. The van der Waals surface area contributed by atoms with E-state index >= 15 is 0 Å². The topological polar surface area (TPSA) is 0 Å². The predicted molar refractivity (Wildman–Crippen MR) is 42.2 cm³/mol. The normalized spacial score (nSPS) is 10.5. The molecule has 1 radical (unpaired) electrons. The maximum atomic E-state index is 5.56. The van der Waals surface area contributed by atoms with E-state index in [1.807, 2.05) is 0 Å². The smallest absolute Gasteiger partial charge is 0.0457 e. The molecule has 0 aromatic rings. The van der Waals surface area contributed by atoms with Crippen LogP contribution in [0, 0.1) is 0 Å². The van der Waals surface area contributed by atoms with E-state index in [4.69, 9.17) is 11.6 Å². The maximum absolute atomic E-state index is 5.56. The molecule has 0 N–H and O–H groups in total. The zero-order chi connectivity index (χ0) is 6.41. The van der Waals surface area contributed by atoms with Crippen LogP contribution < -0.4 is 0 Å². The van der Waals surface area contributed by atoms with Crippen LogP contribution in [0.15, 0.2) is 0 Å². The fraction of sp³-hybridized carbons (Fsp3) is 1.00. The van der Waals surface area contributed by atoms with E-state index in [9.17, 15) is 0 Å². The first-order valence-electron chi connectivity index (χ1n) is 3.18. The van der Waals surface area contributed by atoms with Gasteiger partial charge in [-0.1, -0.05) is 25.9 Å². The maximum Gasteiger partial charge on any atom is 0.0457 e. The van der Waals surface area contributed by atoms with Gasteiger partial charge in [0.1, 0.15) is 0 Å². The zero-order valence-corrected chi connectivity index (χ0v) is 7.46. The summed E-state index contributed by atoms with van der Waals surface area (Å²) in [7, 11) is -0.0234. The van der Waals surface area contributed by atoms with Gasteiger partial charge in [-0.3, -0.25) is 0 Å². The lowest BCUT2D eigenvalue weighted by molar-refractivity contribution is 1.05. The molecule has 0 aliphatic rings. The highest BCUT2D eigenvalue weighted by molar-refractivity contribution is 6.58. The van der Waals surface area contributed by atoms with Crippen molar-refractivity contribution in [2.45, 2.75) is 32.0 Å².